The Labute approximate surface area is 170 Å². The van der Waals surface area contributed by atoms with Crippen LogP contribution in [0.25, 0.3) is 0 Å². The summed E-state index contributed by atoms with van der Waals surface area (Å²) >= 11 is 1.46. The number of benzene rings is 1. The summed E-state index contributed by atoms with van der Waals surface area (Å²) in [6, 6.07) is 5.74. The second-order valence-electron chi connectivity index (χ2n) is 6.54. The van der Waals surface area contributed by atoms with E-state index in [9.17, 15) is 4.79 Å². The number of hydrogen-bond acceptors (Lipinski definition) is 7. The molecule has 1 aromatic heterocycles. The van der Waals surface area contributed by atoms with E-state index in [2.05, 4.69) is 34.7 Å². The Kier molecular flexibility index (Phi) is 8.56. The Hall–Kier alpha value is -2.29. The highest BCUT2D eigenvalue weighted by Gasteiger charge is 2.20. The molecule has 0 fully saturated rings. The fourth-order valence-electron chi connectivity index (χ4n) is 2.72. The number of nitrogens with zero attached hydrogens (tertiary/aromatic N) is 4. The van der Waals surface area contributed by atoms with E-state index < -0.39 is 0 Å². The van der Waals surface area contributed by atoms with Crippen molar-refractivity contribution in [1.29, 1.82) is 0 Å². The third kappa shape index (κ3) is 6.12. The number of aryl methyl sites for hydroxylation is 1. The SMILES string of the molecule is CCOc1ccc(C(NC(=O)CCSc2nnnn2C)C(C)C)cc1OCC. The summed E-state index contributed by atoms with van der Waals surface area (Å²) in [5.41, 5.74) is 1.00. The van der Waals surface area contributed by atoms with Crippen molar-refractivity contribution < 1.29 is 14.3 Å². The molecule has 1 heterocycles. The van der Waals surface area contributed by atoms with Gasteiger partial charge in [0.25, 0.3) is 0 Å². The summed E-state index contributed by atoms with van der Waals surface area (Å²) in [4.78, 5) is 12.5. The number of carbonyl (C=O) groups is 1. The maximum atomic E-state index is 12.5. The molecule has 0 aliphatic rings. The Bertz CT molecular complexity index is 766. The van der Waals surface area contributed by atoms with Crippen LogP contribution >= 0.6 is 11.8 Å². The Morgan fingerprint density at radius 1 is 1.21 bits per heavy atom. The molecule has 0 saturated heterocycles. The highest BCUT2D eigenvalue weighted by Crippen LogP contribution is 2.33. The van der Waals surface area contributed by atoms with Crippen molar-refractivity contribution in [2.24, 2.45) is 13.0 Å². The first-order chi connectivity index (χ1) is 13.5. The lowest BCUT2D eigenvalue weighted by Gasteiger charge is -2.24. The molecule has 1 aromatic carbocycles. The molecule has 0 bridgehead atoms. The first-order valence-corrected chi connectivity index (χ1v) is 10.5. The molecule has 0 radical (unpaired) electrons. The summed E-state index contributed by atoms with van der Waals surface area (Å²) in [6.45, 7) is 9.17. The summed E-state index contributed by atoms with van der Waals surface area (Å²) in [5.74, 6) is 2.25. The minimum absolute atomic E-state index is 0.00632. The first kappa shape index (κ1) is 22.0. The molecule has 0 aliphatic heterocycles. The van der Waals surface area contributed by atoms with Crippen molar-refractivity contribution in [3.8, 4) is 11.5 Å². The van der Waals surface area contributed by atoms with Gasteiger partial charge >= 0.3 is 0 Å². The number of tetrazole rings is 1. The lowest BCUT2D eigenvalue weighted by atomic mass is 9.95. The predicted octanol–water partition coefficient (Wildman–Crippen LogP) is 3.00. The molecular weight excluding hydrogens is 378 g/mol. The number of thioether (sulfide) groups is 1. The summed E-state index contributed by atoms with van der Waals surface area (Å²) in [7, 11) is 1.78. The molecule has 1 atom stereocenters. The number of hydrogen-bond donors (Lipinski definition) is 1. The third-order valence-corrected chi connectivity index (χ3v) is 5.06. The Balaban J connectivity index is 2.02. The Morgan fingerprint density at radius 2 is 1.93 bits per heavy atom. The van der Waals surface area contributed by atoms with Crippen molar-refractivity contribution in [3.63, 3.8) is 0 Å². The second-order valence-corrected chi connectivity index (χ2v) is 7.61. The highest BCUT2D eigenvalue weighted by atomic mass is 32.2. The summed E-state index contributed by atoms with van der Waals surface area (Å²) < 4.78 is 12.9. The van der Waals surface area contributed by atoms with Gasteiger partial charge in [0.2, 0.25) is 11.1 Å². The normalized spacial score (nSPS) is 12.1. The fraction of sp³-hybridized carbons (Fsp3) is 0.579. The van der Waals surface area contributed by atoms with E-state index >= 15 is 0 Å². The van der Waals surface area contributed by atoms with Gasteiger partial charge < -0.3 is 14.8 Å². The van der Waals surface area contributed by atoms with Crippen molar-refractivity contribution in [1.82, 2.24) is 25.5 Å². The van der Waals surface area contributed by atoms with E-state index in [0.29, 0.717) is 36.3 Å². The second kappa shape index (κ2) is 10.9. The zero-order valence-corrected chi connectivity index (χ0v) is 18.0. The first-order valence-electron chi connectivity index (χ1n) is 9.50. The van der Waals surface area contributed by atoms with Gasteiger partial charge in [0.15, 0.2) is 11.5 Å². The van der Waals surface area contributed by atoms with Gasteiger partial charge in [0, 0.05) is 19.2 Å². The van der Waals surface area contributed by atoms with Crippen LogP contribution in [0.2, 0.25) is 0 Å². The van der Waals surface area contributed by atoms with E-state index in [1.54, 1.807) is 11.7 Å². The molecule has 0 spiro atoms. The van der Waals surface area contributed by atoms with Gasteiger partial charge in [0.1, 0.15) is 0 Å². The van der Waals surface area contributed by atoms with Crippen LogP contribution in [-0.4, -0.2) is 45.1 Å². The van der Waals surface area contributed by atoms with Crippen LogP contribution in [0.3, 0.4) is 0 Å². The zero-order valence-electron chi connectivity index (χ0n) is 17.1. The zero-order chi connectivity index (χ0) is 20.5. The van der Waals surface area contributed by atoms with Crippen LogP contribution in [0, 0.1) is 5.92 Å². The van der Waals surface area contributed by atoms with Gasteiger partial charge in [-0.15, -0.1) is 5.10 Å². The number of carbonyl (C=O) groups excluding carboxylic acids is 1. The summed E-state index contributed by atoms with van der Waals surface area (Å²) in [5, 5.41) is 15.1. The maximum Gasteiger partial charge on any atom is 0.221 e. The molecule has 2 aromatic rings. The van der Waals surface area contributed by atoms with E-state index in [4.69, 9.17) is 9.47 Å². The number of ether oxygens (including phenoxy) is 2. The largest absolute Gasteiger partial charge is 0.490 e. The van der Waals surface area contributed by atoms with Crippen LogP contribution in [0.1, 0.15) is 45.7 Å². The lowest BCUT2D eigenvalue weighted by Crippen LogP contribution is -2.32. The van der Waals surface area contributed by atoms with Crippen molar-refractivity contribution in [2.75, 3.05) is 19.0 Å². The van der Waals surface area contributed by atoms with Gasteiger partial charge in [-0.2, -0.15) is 0 Å². The van der Waals surface area contributed by atoms with Gasteiger partial charge in [-0.25, -0.2) is 4.68 Å². The molecule has 154 valence electrons. The quantitative estimate of drug-likeness (QED) is 0.573. The van der Waals surface area contributed by atoms with Gasteiger partial charge in [-0.05, 0) is 47.9 Å². The number of aromatic nitrogens is 4. The topological polar surface area (TPSA) is 91.2 Å². The Morgan fingerprint density at radius 3 is 2.54 bits per heavy atom. The molecule has 8 nitrogen and oxygen atoms in total. The molecule has 0 saturated carbocycles. The van der Waals surface area contributed by atoms with Crippen molar-refractivity contribution >= 4 is 17.7 Å². The van der Waals surface area contributed by atoms with E-state index in [1.807, 2.05) is 32.0 Å². The molecule has 0 aliphatic carbocycles. The smallest absolute Gasteiger partial charge is 0.221 e. The fourth-order valence-corrected chi connectivity index (χ4v) is 3.51. The minimum atomic E-state index is -0.108. The van der Waals surface area contributed by atoms with E-state index in [-0.39, 0.29) is 17.9 Å². The van der Waals surface area contributed by atoms with Crippen LogP contribution in [0.5, 0.6) is 11.5 Å². The maximum absolute atomic E-state index is 12.5. The summed E-state index contributed by atoms with van der Waals surface area (Å²) in [6.07, 6.45) is 0.385. The molecule has 9 heteroatoms. The number of amides is 1. The van der Waals surface area contributed by atoms with Gasteiger partial charge in [0.05, 0.1) is 19.3 Å². The molecule has 1 unspecified atom stereocenters. The standard InChI is InChI=1S/C19H29N5O3S/c1-6-26-15-9-8-14(12-16(15)27-7-2)18(13(3)4)20-17(25)10-11-28-19-21-22-23-24(19)5/h8-9,12-13,18H,6-7,10-11H2,1-5H3,(H,20,25). The molecule has 1 N–H and O–H groups in total. The molecule has 28 heavy (non-hydrogen) atoms. The van der Waals surface area contributed by atoms with Crippen molar-refractivity contribution in [2.45, 2.75) is 45.3 Å². The van der Waals surface area contributed by atoms with Gasteiger partial charge in [-0.3, -0.25) is 4.79 Å². The minimum Gasteiger partial charge on any atom is -0.490 e. The number of nitrogens with one attached hydrogen (secondary N) is 1. The molecular formula is C19H29N5O3S. The highest BCUT2D eigenvalue weighted by molar-refractivity contribution is 7.99. The number of rotatable bonds is 11. The predicted molar refractivity (Wildman–Crippen MR) is 109 cm³/mol. The third-order valence-electron chi connectivity index (χ3n) is 4.05. The van der Waals surface area contributed by atoms with Crippen LogP contribution in [0.4, 0.5) is 0 Å². The monoisotopic (exact) mass is 407 g/mol. The molecule has 2 rings (SSSR count). The van der Waals surface area contributed by atoms with Crippen molar-refractivity contribution in [3.05, 3.63) is 23.8 Å². The molecule has 1 amide bonds. The van der Waals surface area contributed by atoms with Crippen LogP contribution in [0.15, 0.2) is 23.4 Å². The van der Waals surface area contributed by atoms with Crippen LogP contribution < -0.4 is 14.8 Å². The van der Waals surface area contributed by atoms with Crippen LogP contribution in [-0.2, 0) is 11.8 Å². The van der Waals surface area contributed by atoms with E-state index in [1.165, 1.54) is 11.8 Å². The van der Waals surface area contributed by atoms with E-state index in [0.717, 1.165) is 11.3 Å². The van der Waals surface area contributed by atoms with Gasteiger partial charge in [-0.1, -0.05) is 31.7 Å². The average Bonchev–Trinajstić information content (AvgIpc) is 3.06. The average molecular weight is 408 g/mol. The lowest BCUT2D eigenvalue weighted by molar-refractivity contribution is -0.121.